The number of nitrogens with zero attached hydrogens (tertiary/aromatic N) is 4. The molecule has 0 bridgehead atoms. The molecule has 0 atom stereocenters. The molecular weight excluding hydrogens is 430 g/mol. The van der Waals surface area contributed by atoms with Crippen LogP contribution in [0.4, 0.5) is 5.69 Å². The number of aromatic nitrogens is 3. The highest BCUT2D eigenvalue weighted by Gasteiger charge is 2.19. The molecule has 30 heavy (non-hydrogen) atoms. The Balaban J connectivity index is 1.59. The van der Waals surface area contributed by atoms with Gasteiger partial charge in [0, 0.05) is 37.6 Å². The van der Waals surface area contributed by atoms with Crippen LogP contribution in [0.3, 0.4) is 0 Å². The van der Waals surface area contributed by atoms with Crippen molar-refractivity contribution in [3.05, 3.63) is 53.8 Å². The topological polar surface area (TPSA) is 131 Å². The van der Waals surface area contributed by atoms with Crippen molar-refractivity contribution in [2.75, 3.05) is 26.0 Å². The van der Waals surface area contributed by atoms with Crippen molar-refractivity contribution in [3.63, 3.8) is 0 Å². The van der Waals surface area contributed by atoms with Crippen LogP contribution in [0.2, 0.25) is 0 Å². The van der Waals surface area contributed by atoms with Crippen molar-refractivity contribution in [3.8, 4) is 10.8 Å². The predicted octanol–water partition coefficient (Wildman–Crippen LogP) is 1.65. The van der Waals surface area contributed by atoms with Gasteiger partial charge < -0.3 is 10.1 Å². The minimum absolute atomic E-state index is 0.0282. The summed E-state index contributed by atoms with van der Waals surface area (Å²) in [5, 5.41) is 4.43. The zero-order valence-electron chi connectivity index (χ0n) is 16.0. The molecule has 156 valence electrons. The van der Waals surface area contributed by atoms with Crippen molar-refractivity contribution in [1.82, 2.24) is 19.3 Å². The molecule has 3 rings (SSSR count). The fourth-order valence-corrected chi connectivity index (χ4v) is 3.91. The number of hydrogen-bond acceptors (Lipinski definition) is 9. The number of esters is 1. The van der Waals surface area contributed by atoms with E-state index >= 15 is 0 Å². The number of rotatable bonds is 7. The minimum atomic E-state index is -3.64. The Labute approximate surface area is 176 Å². The lowest BCUT2D eigenvalue weighted by molar-refractivity contribution is -0.119. The van der Waals surface area contributed by atoms with Gasteiger partial charge in [0.25, 0.3) is 5.91 Å². The van der Waals surface area contributed by atoms with E-state index in [-0.39, 0.29) is 16.3 Å². The zero-order chi connectivity index (χ0) is 21.7. The van der Waals surface area contributed by atoms with Crippen molar-refractivity contribution in [2.24, 2.45) is 0 Å². The summed E-state index contributed by atoms with van der Waals surface area (Å²) < 4.78 is 30.4. The summed E-state index contributed by atoms with van der Waals surface area (Å²) in [4.78, 5) is 36.5. The van der Waals surface area contributed by atoms with Gasteiger partial charge in [-0.2, -0.15) is 0 Å². The lowest BCUT2D eigenvalue weighted by Gasteiger charge is -2.12. The van der Waals surface area contributed by atoms with E-state index < -0.39 is 28.5 Å². The third kappa shape index (κ3) is 5.03. The number of anilines is 1. The van der Waals surface area contributed by atoms with E-state index in [1.807, 2.05) is 0 Å². The van der Waals surface area contributed by atoms with Crippen LogP contribution in [0.5, 0.6) is 0 Å². The molecule has 0 aliphatic heterocycles. The van der Waals surface area contributed by atoms with Crippen molar-refractivity contribution < 1.29 is 22.7 Å². The molecule has 1 amide bonds. The second-order valence-electron chi connectivity index (χ2n) is 6.05. The summed E-state index contributed by atoms with van der Waals surface area (Å²) in [6.45, 7) is -0.557. The number of nitrogens with one attached hydrogen (secondary N) is 1. The number of amides is 1. The number of carbonyl (C=O) groups is 2. The van der Waals surface area contributed by atoms with E-state index in [4.69, 9.17) is 4.74 Å². The number of thiazole rings is 1. The maximum Gasteiger partial charge on any atom is 0.358 e. The van der Waals surface area contributed by atoms with Gasteiger partial charge in [0.15, 0.2) is 23.1 Å². The molecule has 3 aromatic rings. The maximum atomic E-state index is 12.2. The minimum Gasteiger partial charge on any atom is -0.451 e. The van der Waals surface area contributed by atoms with Gasteiger partial charge in [0.05, 0.1) is 4.90 Å². The van der Waals surface area contributed by atoms with E-state index in [9.17, 15) is 18.0 Å². The van der Waals surface area contributed by atoms with Gasteiger partial charge in [-0.15, -0.1) is 11.3 Å². The van der Waals surface area contributed by atoms with Crippen molar-refractivity contribution >= 4 is 38.9 Å². The van der Waals surface area contributed by atoms with E-state index in [0.29, 0.717) is 10.8 Å². The molecule has 0 saturated carbocycles. The second-order valence-corrected chi connectivity index (χ2v) is 9.06. The van der Waals surface area contributed by atoms with Gasteiger partial charge in [0.2, 0.25) is 10.0 Å². The van der Waals surface area contributed by atoms with E-state index in [1.54, 1.807) is 18.5 Å². The lowest BCUT2D eigenvalue weighted by atomic mass is 10.3. The first-order valence-corrected chi connectivity index (χ1v) is 10.8. The molecule has 0 saturated heterocycles. The average molecular weight is 447 g/mol. The SMILES string of the molecule is CN(C)S(=O)(=O)c1cccc(NC(=O)COC(=O)c2csc(-c3ncccn3)n2)c1. The van der Waals surface area contributed by atoms with Crippen molar-refractivity contribution in [1.29, 1.82) is 0 Å². The predicted molar refractivity (Wildman–Crippen MR) is 109 cm³/mol. The fraction of sp³-hybridized carbons (Fsp3) is 0.167. The van der Waals surface area contributed by atoms with Crippen LogP contribution >= 0.6 is 11.3 Å². The van der Waals surface area contributed by atoms with Gasteiger partial charge in [-0.3, -0.25) is 4.79 Å². The number of benzene rings is 1. The standard InChI is InChI=1S/C18H17N5O5S2/c1-23(2)30(26,27)13-6-3-5-12(9-13)21-15(24)10-28-18(25)14-11-29-17(22-14)16-19-7-4-8-20-16/h3-9,11H,10H2,1-2H3,(H,21,24). The highest BCUT2D eigenvalue weighted by molar-refractivity contribution is 7.89. The van der Waals surface area contributed by atoms with Crippen LogP contribution in [0.25, 0.3) is 10.8 Å². The number of ether oxygens (including phenoxy) is 1. The fourth-order valence-electron chi connectivity index (χ4n) is 2.23. The first-order valence-electron chi connectivity index (χ1n) is 8.50. The Kier molecular flexibility index (Phi) is 6.50. The smallest absolute Gasteiger partial charge is 0.358 e. The molecule has 0 aliphatic rings. The zero-order valence-corrected chi connectivity index (χ0v) is 17.6. The summed E-state index contributed by atoms with van der Waals surface area (Å²) in [7, 11) is -0.817. The Morgan fingerprint density at radius 2 is 1.90 bits per heavy atom. The Bertz CT molecular complexity index is 1160. The summed E-state index contributed by atoms with van der Waals surface area (Å²) in [6, 6.07) is 7.43. The van der Waals surface area contributed by atoms with Crippen LogP contribution in [0, 0.1) is 0 Å². The monoisotopic (exact) mass is 447 g/mol. The highest BCUT2D eigenvalue weighted by Crippen LogP contribution is 2.20. The van der Waals surface area contributed by atoms with Crippen LogP contribution in [0.15, 0.2) is 53.0 Å². The van der Waals surface area contributed by atoms with Gasteiger partial charge >= 0.3 is 5.97 Å². The first-order chi connectivity index (χ1) is 14.3. The second kappa shape index (κ2) is 9.07. The largest absolute Gasteiger partial charge is 0.451 e. The summed E-state index contributed by atoms with van der Waals surface area (Å²) in [5.74, 6) is -1.01. The van der Waals surface area contributed by atoms with Crippen LogP contribution in [-0.2, 0) is 19.6 Å². The number of carbonyl (C=O) groups excluding carboxylic acids is 2. The molecular formula is C18H17N5O5S2. The van der Waals surface area contributed by atoms with Gasteiger partial charge in [-0.25, -0.2) is 32.5 Å². The lowest BCUT2D eigenvalue weighted by Crippen LogP contribution is -2.23. The summed E-state index contributed by atoms with van der Waals surface area (Å²) in [6.07, 6.45) is 3.12. The van der Waals surface area contributed by atoms with E-state index in [0.717, 1.165) is 4.31 Å². The van der Waals surface area contributed by atoms with Crippen LogP contribution in [0.1, 0.15) is 10.5 Å². The molecule has 12 heteroatoms. The quantitative estimate of drug-likeness (QED) is 0.541. The summed E-state index contributed by atoms with van der Waals surface area (Å²) in [5.41, 5.74) is 0.297. The molecule has 2 aromatic heterocycles. The molecule has 2 heterocycles. The number of sulfonamides is 1. The first kappa shape index (κ1) is 21.5. The molecule has 10 nitrogen and oxygen atoms in total. The Morgan fingerprint density at radius 1 is 1.17 bits per heavy atom. The Hall–Kier alpha value is -3.22. The molecule has 0 aliphatic carbocycles. The average Bonchev–Trinajstić information content (AvgIpc) is 3.23. The molecule has 0 fully saturated rings. The molecule has 0 unspecified atom stereocenters. The molecule has 0 spiro atoms. The maximum absolute atomic E-state index is 12.2. The summed E-state index contributed by atoms with van der Waals surface area (Å²) >= 11 is 1.18. The van der Waals surface area contributed by atoms with Crippen LogP contribution < -0.4 is 5.32 Å². The molecule has 1 aromatic carbocycles. The van der Waals surface area contributed by atoms with E-state index in [2.05, 4.69) is 20.3 Å². The Morgan fingerprint density at radius 3 is 2.60 bits per heavy atom. The molecule has 0 radical (unpaired) electrons. The van der Waals surface area contributed by atoms with Crippen LogP contribution in [-0.4, -0.2) is 60.3 Å². The van der Waals surface area contributed by atoms with E-state index in [1.165, 1.54) is 55.1 Å². The normalized spacial score (nSPS) is 11.3. The number of hydrogen-bond donors (Lipinski definition) is 1. The third-order valence-electron chi connectivity index (χ3n) is 3.70. The van der Waals surface area contributed by atoms with Crippen molar-refractivity contribution in [2.45, 2.75) is 4.90 Å². The highest BCUT2D eigenvalue weighted by atomic mass is 32.2. The van der Waals surface area contributed by atoms with Gasteiger partial charge in [0.1, 0.15) is 0 Å². The van der Waals surface area contributed by atoms with Gasteiger partial charge in [-0.05, 0) is 24.3 Å². The third-order valence-corrected chi connectivity index (χ3v) is 6.35. The molecule has 1 N–H and O–H groups in total. The van der Waals surface area contributed by atoms with Gasteiger partial charge in [-0.1, -0.05) is 6.07 Å².